The molecule has 22 heavy (non-hydrogen) atoms. The maximum absolute atomic E-state index is 14.3. The van der Waals surface area contributed by atoms with E-state index in [2.05, 4.69) is 23.9 Å². The van der Waals surface area contributed by atoms with Crippen LogP contribution in [0.3, 0.4) is 0 Å². The summed E-state index contributed by atoms with van der Waals surface area (Å²) in [6, 6.07) is 3.63. The minimum atomic E-state index is -0.847. The highest BCUT2D eigenvalue weighted by Crippen LogP contribution is 2.51. The molecule has 1 aromatic carbocycles. The van der Waals surface area contributed by atoms with Gasteiger partial charge in [-0.1, -0.05) is 26.8 Å². The van der Waals surface area contributed by atoms with Crippen molar-refractivity contribution in [3.05, 3.63) is 48.1 Å². The van der Waals surface area contributed by atoms with Gasteiger partial charge in [0.05, 0.1) is 12.6 Å². The molecule has 2 aromatic rings. The van der Waals surface area contributed by atoms with Gasteiger partial charge in [-0.05, 0) is 12.0 Å². The van der Waals surface area contributed by atoms with E-state index in [-0.39, 0.29) is 12.0 Å². The van der Waals surface area contributed by atoms with E-state index in [1.807, 2.05) is 6.92 Å². The topological polar surface area (TPSA) is 39.9 Å². The molecule has 0 spiro atoms. The zero-order valence-corrected chi connectivity index (χ0v) is 12.8. The lowest BCUT2D eigenvalue weighted by molar-refractivity contribution is -0.285. The van der Waals surface area contributed by atoms with Crippen LogP contribution in [-0.4, -0.2) is 20.9 Å². The van der Waals surface area contributed by atoms with Gasteiger partial charge in [0.1, 0.15) is 29.9 Å². The second kappa shape index (κ2) is 5.43. The van der Waals surface area contributed by atoms with Gasteiger partial charge in [-0.2, -0.15) is 5.10 Å². The fourth-order valence-corrected chi connectivity index (χ4v) is 3.32. The standard InChI is InChI=1S/C16H19F2N3O/c1-10(2)15-11(3)16(22-15,7-21-9-19-8-20-21)13-5-4-12(17)6-14(13)18/h4-6,8-11,15H,7H2,1-3H3. The Labute approximate surface area is 128 Å². The third-order valence-corrected chi connectivity index (χ3v) is 4.48. The summed E-state index contributed by atoms with van der Waals surface area (Å²) in [7, 11) is 0. The fraction of sp³-hybridized carbons (Fsp3) is 0.500. The first-order valence-electron chi connectivity index (χ1n) is 7.40. The van der Waals surface area contributed by atoms with Crippen LogP contribution in [0.4, 0.5) is 8.78 Å². The Balaban J connectivity index is 2.00. The van der Waals surface area contributed by atoms with Crippen LogP contribution < -0.4 is 0 Å². The average Bonchev–Trinajstić information content (AvgIpc) is 2.95. The summed E-state index contributed by atoms with van der Waals surface area (Å²) in [6.07, 6.45) is 3.04. The van der Waals surface area contributed by atoms with E-state index >= 15 is 0 Å². The molecule has 0 radical (unpaired) electrons. The number of nitrogens with zero attached hydrogens (tertiary/aromatic N) is 3. The largest absolute Gasteiger partial charge is 0.364 e. The number of benzene rings is 1. The molecule has 3 atom stereocenters. The van der Waals surface area contributed by atoms with Crippen LogP contribution in [0.25, 0.3) is 0 Å². The first-order valence-corrected chi connectivity index (χ1v) is 7.40. The smallest absolute Gasteiger partial charge is 0.137 e. The molecule has 0 saturated carbocycles. The number of halogens is 2. The maximum Gasteiger partial charge on any atom is 0.137 e. The zero-order valence-electron chi connectivity index (χ0n) is 12.8. The second-order valence-corrected chi connectivity index (χ2v) is 6.22. The van der Waals surface area contributed by atoms with Crippen molar-refractivity contribution >= 4 is 0 Å². The van der Waals surface area contributed by atoms with Gasteiger partial charge in [-0.3, -0.25) is 0 Å². The molecule has 1 aliphatic heterocycles. The Hall–Kier alpha value is -1.82. The van der Waals surface area contributed by atoms with Crippen molar-refractivity contribution in [2.75, 3.05) is 0 Å². The molecule has 1 aromatic heterocycles. The average molecular weight is 307 g/mol. The predicted molar refractivity (Wildman–Crippen MR) is 76.9 cm³/mol. The summed E-state index contributed by atoms with van der Waals surface area (Å²) in [6.45, 7) is 6.52. The first-order chi connectivity index (χ1) is 10.4. The SMILES string of the molecule is CC(C)C1OC(Cn2cncn2)(c2ccc(F)cc2F)C1C. The number of ether oxygens (including phenoxy) is 1. The van der Waals surface area contributed by atoms with E-state index in [1.54, 1.807) is 11.0 Å². The molecule has 1 aliphatic rings. The summed E-state index contributed by atoms with van der Waals surface area (Å²) < 4.78 is 35.3. The molecule has 0 amide bonds. The Morgan fingerprint density at radius 2 is 2.14 bits per heavy atom. The minimum Gasteiger partial charge on any atom is -0.364 e. The summed E-state index contributed by atoms with van der Waals surface area (Å²) in [5, 5.41) is 4.09. The Morgan fingerprint density at radius 3 is 2.68 bits per heavy atom. The van der Waals surface area contributed by atoms with Crippen molar-refractivity contribution in [1.82, 2.24) is 14.8 Å². The monoisotopic (exact) mass is 307 g/mol. The summed E-state index contributed by atoms with van der Waals surface area (Å²) in [4.78, 5) is 3.92. The molecule has 3 unspecified atom stereocenters. The van der Waals surface area contributed by atoms with Gasteiger partial charge < -0.3 is 4.74 Å². The van der Waals surface area contributed by atoms with Crippen LogP contribution in [0.15, 0.2) is 30.9 Å². The van der Waals surface area contributed by atoms with Crippen LogP contribution in [0.2, 0.25) is 0 Å². The summed E-state index contributed by atoms with van der Waals surface area (Å²) in [5.41, 5.74) is -0.478. The molecule has 3 rings (SSSR count). The molecule has 0 aliphatic carbocycles. The van der Waals surface area contributed by atoms with Gasteiger partial charge in [-0.25, -0.2) is 18.4 Å². The summed E-state index contributed by atoms with van der Waals surface area (Å²) in [5.74, 6) is -0.780. The Morgan fingerprint density at radius 1 is 1.36 bits per heavy atom. The van der Waals surface area contributed by atoms with Gasteiger partial charge in [0, 0.05) is 17.5 Å². The van der Waals surface area contributed by atoms with Crippen LogP contribution in [0, 0.1) is 23.5 Å². The minimum absolute atomic E-state index is 0.0352. The van der Waals surface area contributed by atoms with Crippen LogP contribution >= 0.6 is 0 Å². The predicted octanol–water partition coefficient (Wildman–Crippen LogP) is 3.14. The number of aromatic nitrogens is 3. The lowest BCUT2D eigenvalue weighted by Gasteiger charge is -2.55. The van der Waals surface area contributed by atoms with Crippen molar-refractivity contribution in [1.29, 1.82) is 0 Å². The third-order valence-electron chi connectivity index (χ3n) is 4.48. The molecule has 118 valence electrons. The van der Waals surface area contributed by atoms with Gasteiger partial charge in [0.2, 0.25) is 0 Å². The molecule has 1 saturated heterocycles. The number of rotatable bonds is 4. The molecular weight excluding hydrogens is 288 g/mol. The van der Waals surface area contributed by atoms with Gasteiger partial charge in [0.25, 0.3) is 0 Å². The van der Waals surface area contributed by atoms with Crippen molar-refractivity contribution in [3.63, 3.8) is 0 Å². The van der Waals surface area contributed by atoms with Crippen LogP contribution in [0.1, 0.15) is 26.3 Å². The molecule has 6 heteroatoms. The van der Waals surface area contributed by atoms with Crippen LogP contribution in [0.5, 0.6) is 0 Å². The molecule has 4 nitrogen and oxygen atoms in total. The van der Waals surface area contributed by atoms with E-state index in [1.165, 1.54) is 18.5 Å². The van der Waals surface area contributed by atoms with Gasteiger partial charge in [-0.15, -0.1) is 0 Å². The quantitative estimate of drug-likeness (QED) is 0.871. The molecule has 0 N–H and O–H groups in total. The van der Waals surface area contributed by atoms with E-state index < -0.39 is 17.2 Å². The Kier molecular flexibility index (Phi) is 3.72. The van der Waals surface area contributed by atoms with E-state index in [0.717, 1.165) is 6.07 Å². The number of hydrogen-bond donors (Lipinski definition) is 0. The van der Waals surface area contributed by atoms with Crippen molar-refractivity contribution in [2.45, 2.75) is 39.0 Å². The zero-order chi connectivity index (χ0) is 15.9. The lowest BCUT2D eigenvalue weighted by atomic mass is 9.70. The first kappa shape index (κ1) is 15.1. The fourth-order valence-electron chi connectivity index (χ4n) is 3.32. The molecule has 1 fully saturated rings. The van der Waals surface area contributed by atoms with E-state index in [4.69, 9.17) is 4.74 Å². The Bertz CT molecular complexity index is 659. The normalized spacial score (nSPS) is 27.9. The van der Waals surface area contributed by atoms with Crippen molar-refractivity contribution in [2.24, 2.45) is 11.8 Å². The van der Waals surface area contributed by atoms with Crippen molar-refractivity contribution < 1.29 is 13.5 Å². The summed E-state index contributed by atoms with van der Waals surface area (Å²) >= 11 is 0. The van der Waals surface area contributed by atoms with Gasteiger partial charge in [0.15, 0.2) is 0 Å². The van der Waals surface area contributed by atoms with Crippen molar-refractivity contribution in [3.8, 4) is 0 Å². The van der Waals surface area contributed by atoms with E-state index in [9.17, 15) is 8.78 Å². The molecular formula is C16H19F2N3O. The maximum atomic E-state index is 14.3. The van der Waals surface area contributed by atoms with Crippen LogP contribution in [-0.2, 0) is 16.9 Å². The highest BCUT2D eigenvalue weighted by atomic mass is 19.1. The third kappa shape index (κ3) is 2.31. The molecule has 2 heterocycles. The second-order valence-electron chi connectivity index (χ2n) is 6.22. The number of hydrogen-bond acceptors (Lipinski definition) is 3. The molecule has 0 bridgehead atoms. The lowest BCUT2D eigenvalue weighted by Crippen LogP contribution is -2.60. The van der Waals surface area contributed by atoms with Gasteiger partial charge >= 0.3 is 0 Å². The highest BCUT2D eigenvalue weighted by Gasteiger charge is 2.56. The van der Waals surface area contributed by atoms with E-state index in [0.29, 0.717) is 18.0 Å². The highest BCUT2D eigenvalue weighted by molar-refractivity contribution is 5.29.